The molecule has 0 saturated carbocycles. The number of esters is 1. The number of phosphoric acid groups is 1. The third-order valence-corrected chi connectivity index (χ3v) is 7.28. The predicted octanol–water partition coefficient (Wildman–Crippen LogP) is 2.07. The molecule has 15 nitrogen and oxygen atoms in total. The Balaban J connectivity index is 2.19. The first-order valence-electron chi connectivity index (χ1n) is 12.2. The van der Waals surface area contributed by atoms with Crippen molar-refractivity contribution in [1.29, 1.82) is 0 Å². The molecule has 2 rings (SSSR count). The fourth-order valence-electron chi connectivity index (χ4n) is 3.59. The Morgan fingerprint density at radius 1 is 1.23 bits per heavy atom. The lowest BCUT2D eigenvalue weighted by atomic mass is 9.88. The van der Waals surface area contributed by atoms with Crippen LogP contribution in [0.4, 0.5) is 4.79 Å². The van der Waals surface area contributed by atoms with E-state index in [0.717, 1.165) is 6.08 Å². The van der Waals surface area contributed by atoms with Gasteiger partial charge in [0.05, 0.1) is 18.6 Å². The molecule has 5 atom stereocenters. The normalized spacial score (nSPS) is 28.0. The molecule has 3 N–H and O–H groups in total. The van der Waals surface area contributed by atoms with E-state index in [9.17, 15) is 29.2 Å². The number of aliphatic hydroxyl groups excluding tert-OH is 1. The standard InChI is InChI=1S/C23H36ClN2O13P/c1-14(2)9-18(28)33-12-36-40(32,37-13-34-21(30)38-15(3)4)35-11-23(10-24)19(29)22(6,31)20(39-23)26-8-7-17(27)25-16(26)5/h7-8,14-15,19-20,29,31H,5,9-13H2,1-4,6H3,(H,25,27)/t19-,20+,22+,23+,40?/m0/s1. The van der Waals surface area contributed by atoms with Gasteiger partial charge in [0.2, 0.25) is 13.6 Å². The second-order valence-corrected chi connectivity index (χ2v) is 11.8. The van der Waals surface area contributed by atoms with Gasteiger partial charge in [0.25, 0.3) is 5.91 Å². The summed E-state index contributed by atoms with van der Waals surface area (Å²) in [6, 6.07) is 0. The molecule has 0 bridgehead atoms. The Morgan fingerprint density at radius 2 is 1.85 bits per heavy atom. The van der Waals surface area contributed by atoms with Crippen molar-refractivity contribution in [3.05, 3.63) is 24.7 Å². The molecule has 17 heteroatoms. The van der Waals surface area contributed by atoms with Crippen LogP contribution in [0.2, 0.25) is 0 Å². The van der Waals surface area contributed by atoms with Crippen LogP contribution in [0.1, 0.15) is 41.0 Å². The third kappa shape index (κ3) is 8.88. The number of carbonyl (C=O) groups is 3. The maximum Gasteiger partial charge on any atom is 0.510 e. The lowest BCUT2D eigenvalue weighted by Gasteiger charge is -2.37. The van der Waals surface area contributed by atoms with Crippen LogP contribution in [0.3, 0.4) is 0 Å². The van der Waals surface area contributed by atoms with Crippen molar-refractivity contribution in [3.8, 4) is 0 Å². The number of nitrogens with one attached hydrogen (secondary N) is 1. The van der Waals surface area contributed by atoms with Crippen LogP contribution in [0.25, 0.3) is 0 Å². The van der Waals surface area contributed by atoms with Crippen molar-refractivity contribution in [2.24, 2.45) is 5.92 Å². The highest BCUT2D eigenvalue weighted by Crippen LogP contribution is 2.52. The van der Waals surface area contributed by atoms with Gasteiger partial charge in [-0.25, -0.2) is 18.4 Å². The predicted molar refractivity (Wildman–Crippen MR) is 137 cm³/mol. The molecule has 1 saturated heterocycles. The molecular formula is C23H36ClN2O13P. The Hall–Kier alpha value is -2.23. The van der Waals surface area contributed by atoms with Crippen molar-refractivity contribution >= 4 is 37.5 Å². The molecule has 228 valence electrons. The Morgan fingerprint density at radius 3 is 2.40 bits per heavy atom. The second-order valence-electron chi connectivity index (χ2n) is 9.85. The lowest BCUT2D eigenvalue weighted by molar-refractivity contribution is -0.153. The van der Waals surface area contributed by atoms with Crippen LogP contribution >= 0.6 is 19.4 Å². The van der Waals surface area contributed by atoms with Gasteiger partial charge in [-0.3, -0.25) is 14.1 Å². The molecule has 40 heavy (non-hydrogen) atoms. The molecule has 1 unspecified atom stereocenters. The quantitative estimate of drug-likeness (QED) is 0.112. The molecule has 0 aromatic carbocycles. The van der Waals surface area contributed by atoms with Gasteiger partial charge in [0.1, 0.15) is 23.1 Å². The summed E-state index contributed by atoms with van der Waals surface area (Å²) in [7, 11) is -4.69. The molecule has 0 spiro atoms. The number of nitrogens with zero attached hydrogens (tertiary/aromatic N) is 1. The van der Waals surface area contributed by atoms with Crippen molar-refractivity contribution in [2.75, 3.05) is 26.1 Å². The SMILES string of the molecule is C=C1NC(=O)C=CN1[C@@H]1O[C@](CCl)(COP(=O)(OCOC(=O)CC(C)C)OCOC(=O)OC(C)C)[C@@H](O)[C@@]1(C)O. The fourth-order valence-corrected chi connectivity index (χ4v) is 4.84. The van der Waals surface area contributed by atoms with Gasteiger partial charge in [-0.1, -0.05) is 20.4 Å². The zero-order chi connectivity index (χ0) is 30.3. The summed E-state index contributed by atoms with van der Waals surface area (Å²) in [5.41, 5.74) is -3.92. The second kappa shape index (κ2) is 14.1. The minimum absolute atomic E-state index is 0.0170. The summed E-state index contributed by atoms with van der Waals surface area (Å²) in [6.07, 6.45) is -2.21. The van der Waals surface area contributed by atoms with Gasteiger partial charge in [0, 0.05) is 18.7 Å². The van der Waals surface area contributed by atoms with E-state index in [4.69, 9.17) is 44.1 Å². The number of alkyl halides is 1. The molecule has 2 aliphatic rings. The van der Waals surface area contributed by atoms with E-state index in [0.29, 0.717) is 0 Å². The minimum Gasteiger partial charge on any atom is -0.438 e. The summed E-state index contributed by atoms with van der Waals surface area (Å²) >= 11 is 6.14. The first-order chi connectivity index (χ1) is 18.5. The lowest BCUT2D eigenvalue weighted by Crippen LogP contribution is -2.55. The first-order valence-corrected chi connectivity index (χ1v) is 14.2. The highest BCUT2D eigenvalue weighted by atomic mass is 35.5. The van der Waals surface area contributed by atoms with E-state index >= 15 is 0 Å². The highest BCUT2D eigenvalue weighted by molar-refractivity contribution is 7.48. The maximum atomic E-state index is 13.4. The number of halogens is 1. The average molecular weight is 615 g/mol. The number of aliphatic hydroxyl groups is 2. The van der Waals surface area contributed by atoms with E-state index < -0.39 is 81.6 Å². The summed E-state index contributed by atoms with van der Waals surface area (Å²) in [4.78, 5) is 36.4. The average Bonchev–Trinajstić information content (AvgIpc) is 3.03. The van der Waals surface area contributed by atoms with Crippen molar-refractivity contribution in [3.63, 3.8) is 0 Å². The number of hydrogen-bond acceptors (Lipinski definition) is 14. The topological polar surface area (TPSA) is 189 Å². The molecule has 2 aliphatic heterocycles. The summed E-state index contributed by atoms with van der Waals surface area (Å²) < 4.78 is 49.1. The van der Waals surface area contributed by atoms with Gasteiger partial charge in [0.15, 0.2) is 6.23 Å². The van der Waals surface area contributed by atoms with E-state index in [-0.39, 0.29) is 18.2 Å². The van der Waals surface area contributed by atoms with Crippen LogP contribution in [0.5, 0.6) is 0 Å². The highest BCUT2D eigenvalue weighted by Gasteiger charge is 2.63. The number of rotatable bonds is 14. The molecule has 1 fully saturated rings. The van der Waals surface area contributed by atoms with E-state index in [1.807, 2.05) is 0 Å². The minimum atomic E-state index is -4.69. The van der Waals surface area contributed by atoms with Gasteiger partial charge in [-0.05, 0) is 26.7 Å². The van der Waals surface area contributed by atoms with E-state index in [1.54, 1.807) is 27.7 Å². The number of carbonyl (C=O) groups excluding carboxylic acids is 3. The monoisotopic (exact) mass is 614 g/mol. The van der Waals surface area contributed by atoms with Crippen LogP contribution < -0.4 is 5.32 Å². The smallest absolute Gasteiger partial charge is 0.438 e. The zero-order valence-corrected chi connectivity index (χ0v) is 24.5. The van der Waals surface area contributed by atoms with Gasteiger partial charge in [-0.2, -0.15) is 0 Å². The van der Waals surface area contributed by atoms with Crippen LogP contribution in [-0.4, -0.2) is 88.9 Å². The van der Waals surface area contributed by atoms with E-state index in [2.05, 4.69) is 11.9 Å². The Kier molecular flexibility index (Phi) is 12.0. The summed E-state index contributed by atoms with van der Waals surface area (Å²) in [5.74, 6) is -1.57. The fraction of sp³-hybridized carbons (Fsp3) is 0.696. The van der Waals surface area contributed by atoms with Crippen molar-refractivity contribution in [2.45, 2.75) is 70.7 Å². The van der Waals surface area contributed by atoms with Crippen molar-refractivity contribution < 1.29 is 61.7 Å². The van der Waals surface area contributed by atoms with Gasteiger partial charge in [-0.15, -0.1) is 11.6 Å². The largest absolute Gasteiger partial charge is 0.510 e. The number of amides is 1. The van der Waals surface area contributed by atoms with E-state index in [1.165, 1.54) is 18.0 Å². The van der Waals surface area contributed by atoms with Crippen LogP contribution in [-0.2, 0) is 46.7 Å². The molecule has 0 aliphatic carbocycles. The van der Waals surface area contributed by atoms with Crippen LogP contribution in [0.15, 0.2) is 24.7 Å². The summed E-state index contributed by atoms with van der Waals surface area (Å²) in [5, 5.41) is 24.6. The Bertz CT molecular complexity index is 989. The van der Waals surface area contributed by atoms with Crippen LogP contribution in [0, 0.1) is 5.92 Å². The molecule has 1 amide bonds. The van der Waals surface area contributed by atoms with Gasteiger partial charge >= 0.3 is 19.9 Å². The molecule has 0 radical (unpaired) electrons. The zero-order valence-electron chi connectivity index (χ0n) is 22.9. The maximum absolute atomic E-state index is 13.4. The number of hydrogen-bond donors (Lipinski definition) is 3. The summed E-state index contributed by atoms with van der Waals surface area (Å²) in [6.45, 7) is 9.10. The van der Waals surface area contributed by atoms with Gasteiger partial charge < -0.3 is 39.4 Å². The molecule has 2 heterocycles. The number of phosphoric ester groups is 1. The first kappa shape index (κ1) is 34.0. The molecule has 0 aromatic heterocycles. The number of ether oxygens (including phenoxy) is 4. The third-order valence-electron chi connectivity index (χ3n) is 5.53. The van der Waals surface area contributed by atoms with Crippen molar-refractivity contribution in [1.82, 2.24) is 10.2 Å². The molecular weight excluding hydrogens is 579 g/mol. The molecule has 0 aromatic rings. The Labute approximate surface area is 236 Å².